The van der Waals surface area contributed by atoms with Gasteiger partial charge >= 0.3 is 11.9 Å². The van der Waals surface area contributed by atoms with Crippen LogP contribution in [0.1, 0.15) is 82.3 Å². The van der Waals surface area contributed by atoms with Crippen molar-refractivity contribution in [2.45, 2.75) is 77.6 Å². The molecule has 1 fully saturated rings. The zero-order chi connectivity index (χ0) is 29.8. The number of aliphatic hydroxyl groups is 1. The maximum Gasteiger partial charge on any atom is 0.335 e. The van der Waals surface area contributed by atoms with Crippen molar-refractivity contribution in [2.24, 2.45) is 11.8 Å². The molecule has 0 amide bonds. The first kappa shape index (κ1) is 32.6. The Bertz CT molecular complexity index is 1180. The van der Waals surface area contributed by atoms with Gasteiger partial charge in [-0.2, -0.15) is 0 Å². The fourth-order valence-electron chi connectivity index (χ4n) is 5.51. The van der Waals surface area contributed by atoms with Gasteiger partial charge in [-0.05, 0) is 86.5 Å². The Morgan fingerprint density at radius 2 is 1.63 bits per heavy atom. The van der Waals surface area contributed by atoms with Gasteiger partial charge in [-0.3, -0.25) is 0 Å². The van der Waals surface area contributed by atoms with Crippen molar-refractivity contribution in [2.75, 3.05) is 19.8 Å². The maximum absolute atomic E-state index is 12.0. The number of benzene rings is 2. The van der Waals surface area contributed by atoms with Crippen molar-refractivity contribution in [3.05, 3.63) is 82.9 Å². The summed E-state index contributed by atoms with van der Waals surface area (Å²) < 4.78 is 10.7. The summed E-state index contributed by atoms with van der Waals surface area (Å²) in [5.74, 6) is -0.333. The molecule has 2 aromatic rings. The Morgan fingerprint density at radius 1 is 0.976 bits per heavy atom. The average molecular weight is 581 g/mol. The molecule has 0 saturated heterocycles. The summed E-state index contributed by atoms with van der Waals surface area (Å²) in [6.45, 7) is 10.8. The molecular weight excluding hydrogens is 536 g/mol. The molecule has 1 atom stereocenters. The molecule has 5 nitrogen and oxygen atoms in total. The summed E-state index contributed by atoms with van der Waals surface area (Å²) >= 11 is 6.79. The Kier molecular flexibility index (Phi) is 13.1. The summed E-state index contributed by atoms with van der Waals surface area (Å²) in [4.78, 5) is 24.0. The highest BCUT2D eigenvalue weighted by Gasteiger charge is 2.27. The third-order valence-electron chi connectivity index (χ3n) is 8.04. The van der Waals surface area contributed by atoms with E-state index < -0.39 is 18.5 Å². The van der Waals surface area contributed by atoms with E-state index >= 15 is 0 Å². The number of halogens is 1. The highest BCUT2D eigenvalue weighted by atomic mass is 35.5. The van der Waals surface area contributed by atoms with Crippen LogP contribution in [0.2, 0.25) is 5.02 Å². The van der Waals surface area contributed by atoms with Gasteiger partial charge in [0.1, 0.15) is 0 Å². The number of carbonyl (C=O) groups excluding carboxylic acids is 2. The molecule has 1 saturated carbocycles. The van der Waals surface area contributed by atoms with Crippen LogP contribution in [0.4, 0.5) is 0 Å². The van der Waals surface area contributed by atoms with Crippen molar-refractivity contribution in [1.82, 2.24) is 0 Å². The largest absolute Gasteiger partial charge is 0.462 e. The summed E-state index contributed by atoms with van der Waals surface area (Å²) in [7, 11) is 0. The Labute approximate surface area is 250 Å². The van der Waals surface area contributed by atoms with Gasteiger partial charge in [0.2, 0.25) is 0 Å². The van der Waals surface area contributed by atoms with Gasteiger partial charge in [0.15, 0.2) is 0 Å². The SMILES string of the molecule is C=C(C)C(=O)OCC(COC(=O)C(=C)CO)CC1CCC(c2ccc(-c3ccc(CCCCC)cc3)c(Cl)c2)CC1. The minimum atomic E-state index is -0.629. The van der Waals surface area contributed by atoms with E-state index in [0.29, 0.717) is 17.4 Å². The predicted molar refractivity (Wildman–Crippen MR) is 166 cm³/mol. The molecule has 0 spiro atoms. The normalized spacial score (nSPS) is 17.5. The molecule has 1 N–H and O–H groups in total. The fraction of sp³-hybridized carbons (Fsp3) is 0.486. The first-order valence-electron chi connectivity index (χ1n) is 14.9. The molecule has 1 unspecified atom stereocenters. The molecular formula is C35H45ClO5. The van der Waals surface area contributed by atoms with Crippen LogP contribution < -0.4 is 0 Å². The van der Waals surface area contributed by atoms with Gasteiger partial charge < -0.3 is 14.6 Å². The number of ether oxygens (including phenoxy) is 2. The monoisotopic (exact) mass is 580 g/mol. The molecule has 1 aliphatic rings. The molecule has 0 aromatic heterocycles. The van der Waals surface area contributed by atoms with E-state index in [1.165, 1.54) is 30.4 Å². The lowest BCUT2D eigenvalue weighted by atomic mass is 9.75. The topological polar surface area (TPSA) is 72.8 Å². The van der Waals surface area contributed by atoms with E-state index in [0.717, 1.165) is 54.7 Å². The molecule has 0 bridgehead atoms. The molecule has 41 heavy (non-hydrogen) atoms. The number of aliphatic hydroxyl groups excluding tert-OH is 1. The van der Waals surface area contributed by atoms with Crippen LogP contribution in [0.25, 0.3) is 11.1 Å². The minimum absolute atomic E-state index is 0.00675. The Hall–Kier alpha value is -2.89. The first-order chi connectivity index (χ1) is 19.7. The number of aryl methyl sites for hydroxylation is 1. The standard InChI is InChI=1S/C35H45ClO5/c1-5-6-7-8-26-9-15-30(16-10-26)32-18-17-31(20-33(32)36)29-13-11-27(12-14-29)19-28(22-40-34(38)24(2)3)23-41-35(39)25(4)21-37/h9-10,15-18,20,27-29,37H,2,4-8,11-14,19,21-23H2,1,3H3. The molecule has 222 valence electrons. The minimum Gasteiger partial charge on any atom is -0.462 e. The molecule has 6 heteroatoms. The molecule has 0 radical (unpaired) electrons. The number of unbranched alkanes of at least 4 members (excludes halogenated alkanes) is 2. The highest BCUT2D eigenvalue weighted by Crippen LogP contribution is 2.40. The van der Waals surface area contributed by atoms with E-state index in [-0.39, 0.29) is 24.7 Å². The van der Waals surface area contributed by atoms with Crippen molar-refractivity contribution in [1.29, 1.82) is 0 Å². The summed E-state index contributed by atoms with van der Waals surface area (Å²) in [5.41, 5.74) is 5.20. The van der Waals surface area contributed by atoms with Crippen LogP contribution in [0.15, 0.2) is 66.8 Å². The first-order valence-corrected chi connectivity index (χ1v) is 15.3. The second-order valence-electron chi connectivity index (χ2n) is 11.5. The second-order valence-corrected chi connectivity index (χ2v) is 11.9. The maximum atomic E-state index is 12.0. The summed E-state index contributed by atoms with van der Waals surface area (Å²) in [6, 6.07) is 15.3. The molecule has 1 aliphatic carbocycles. The number of hydrogen-bond acceptors (Lipinski definition) is 5. The van der Waals surface area contributed by atoms with Crippen LogP contribution >= 0.6 is 11.6 Å². The molecule has 0 aliphatic heterocycles. The van der Waals surface area contributed by atoms with Gasteiger partial charge in [-0.15, -0.1) is 0 Å². The number of esters is 2. The predicted octanol–water partition coefficient (Wildman–Crippen LogP) is 8.23. The van der Waals surface area contributed by atoms with Crippen LogP contribution in [0, 0.1) is 11.8 Å². The lowest BCUT2D eigenvalue weighted by molar-refractivity contribution is -0.144. The van der Waals surface area contributed by atoms with E-state index in [1.807, 2.05) is 0 Å². The average Bonchev–Trinajstić information content (AvgIpc) is 2.98. The van der Waals surface area contributed by atoms with Crippen LogP contribution in [0.3, 0.4) is 0 Å². The van der Waals surface area contributed by atoms with E-state index in [4.69, 9.17) is 26.2 Å². The quantitative estimate of drug-likeness (QED) is 0.130. The molecule has 0 heterocycles. The summed E-state index contributed by atoms with van der Waals surface area (Å²) in [6.07, 6.45) is 9.79. The second kappa shape index (κ2) is 16.5. The van der Waals surface area contributed by atoms with Crippen molar-refractivity contribution >= 4 is 23.5 Å². The van der Waals surface area contributed by atoms with Gasteiger partial charge in [0, 0.05) is 22.1 Å². The van der Waals surface area contributed by atoms with E-state index in [9.17, 15) is 9.59 Å². The zero-order valence-corrected chi connectivity index (χ0v) is 25.4. The van der Waals surface area contributed by atoms with Gasteiger partial charge in [-0.25, -0.2) is 9.59 Å². The van der Waals surface area contributed by atoms with E-state index in [2.05, 4.69) is 62.5 Å². The number of carbonyl (C=O) groups is 2. The van der Waals surface area contributed by atoms with Crippen molar-refractivity contribution in [3.63, 3.8) is 0 Å². The fourth-order valence-corrected chi connectivity index (χ4v) is 5.81. The van der Waals surface area contributed by atoms with Crippen LogP contribution in [-0.4, -0.2) is 36.9 Å². The smallest absolute Gasteiger partial charge is 0.335 e. The Balaban J connectivity index is 1.56. The number of hydrogen-bond donors (Lipinski definition) is 1. The Morgan fingerprint density at radius 3 is 2.22 bits per heavy atom. The molecule has 3 rings (SSSR count). The highest BCUT2D eigenvalue weighted by molar-refractivity contribution is 6.33. The van der Waals surface area contributed by atoms with Crippen LogP contribution in [0.5, 0.6) is 0 Å². The third-order valence-corrected chi connectivity index (χ3v) is 8.35. The van der Waals surface area contributed by atoms with E-state index in [1.54, 1.807) is 6.92 Å². The van der Waals surface area contributed by atoms with Crippen molar-refractivity contribution < 1.29 is 24.2 Å². The zero-order valence-electron chi connectivity index (χ0n) is 24.6. The van der Waals surface area contributed by atoms with Gasteiger partial charge in [0.25, 0.3) is 0 Å². The van der Waals surface area contributed by atoms with Gasteiger partial charge in [0.05, 0.1) is 25.4 Å². The lowest BCUT2D eigenvalue weighted by Gasteiger charge is -2.31. The lowest BCUT2D eigenvalue weighted by Crippen LogP contribution is -2.25. The van der Waals surface area contributed by atoms with Crippen LogP contribution in [-0.2, 0) is 25.5 Å². The van der Waals surface area contributed by atoms with Gasteiger partial charge in [-0.1, -0.05) is 80.9 Å². The summed E-state index contributed by atoms with van der Waals surface area (Å²) in [5, 5.41) is 9.92. The number of rotatable bonds is 15. The third kappa shape index (κ3) is 10.2. The van der Waals surface area contributed by atoms with Crippen molar-refractivity contribution in [3.8, 4) is 11.1 Å². The molecule has 2 aromatic carbocycles.